The Morgan fingerprint density at radius 1 is 1.16 bits per heavy atom. The number of carbonyl (C=O) groups excluding carboxylic acids is 1. The molecule has 1 fully saturated rings. The molecule has 0 unspecified atom stereocenters. The smallest absolute Gasteiger partial charge is 0.410 e. The van der Waals surface area contributed by atoms with Crippen molar-refractivity contribution in [3.8, 4) is 0 Å². The zero-order valence-electron chi connectivity index (χ0n) is 19.0. The second-order valence-corrected chi connectivity index (χ2v) is 8.68. The number of nitrogens with zero attached hydrogens (tertiary/aromatic N) is 5. The van der Waals surface area contributed by atoms with Gasteiger partial charge in [0, 0.05) is 45.7 Å². The highest BCUT2D eigenvalue weighted by Gasteiger charge is 2.26. The molecule has 0 radical (unpaired) electrons. The van der Waals surface area contributed by atoms with Crippen molar-refractivity contribution >= 4 is 52.8 Å². The number of ether oxygens (including phenoxy) is 1. The second-order valence-electron chi connectivity index (χ2n) is 8.68. The Hall–Kier alpha value is -2.30. The lowest BCUT2D eigenvalue weighted by molar-refractivity contribution is 0.0186. The van der Waals surface area contributed by atoms with E-state index in [9.17, 15) is 4.79 Å². The third kappa shape index (κ3) is 6.59. The first-order valence-corrected chi connectivity index (χ1v) is 10.2. The molecule has 1 saturated heterocycles. The Bertz CT molecular complexity index is 933. The van der Waals surface area contributed by atoms with Crippen LogP contribution in [0.5, 0.6) is 0 Å². The number of hydrogen-bond donors (Lipinski definition) is 1. The lowest BCUT2D eigenvalue weighted by Crippen LogP contribution is -2.53. The van der Waals surface area contributed by atoms with E-state index in [-0.39, 0.29) is 30.1 Å². The van der Waals surface area contributed by atoms with Crippen molar-refractivity contribution in [3.63, 3.8) is 0 Å². The minimum Gasteiger partial charge on any atom is -0.444 e. The van der Waals surface area contributed by atoms with Crippen molar-refractivity contribution in [2.45, 2.75) is 32.9 Å². The van der Waals surface area contributed by atoms with Gasteiger partial charge in [-0.25, -0.2) is 14.8 Å². The zero-order valence-corrected chi connectivity index (χ0v) is 21.3. The molecule has 0 aliphatic carbocycles. The highest BCUT2D eigenvalue weighted by atomic mass is 127. The number of hydrogen-bond acceptors (Lipinski definition) is 5. The summed E-state index contributed by atoms with van der Waals surface area (Å²) in [7, 11) is 3.95. The van der Waals surface area contributed by atoms with Gasteiger partial charge in [0.05, 0.1) is 12.1 Å². The van der Waals surface area contributed by atoms with Crippen molar-refractivity contribution in [1.82, 2.24) is 14.8 Å². The van der Waals surface area contributed by atoms with Crippen LogP contribution in [0.3, 0.4) is 0 Å². The molecule has 9 heteroatoms. The predicted octanol–water partition coefficient (Wildman–Crippen LogP) is 3.29. The van der Waals surface area contributed by atoms with Crippen molar-refractivity contribution in [1.29, 1.82) is 0 Å². The van der Waals surface area contributed by atoms with Crippen molar-refractivity contribution in [3.05, 3.63) is 35.9 Å². The third-order valence-electron chi connectivity index (χ3n) is 4.91. The van der Waals surface area contributed by atoms with Crippen LogP contribution in [-0.2, 0) is 11.3 Å². The molecule has 1 amide bonds. The van der Waals surface area contributed by atoms with E-state index in [0.717, 1.165) is 22.3 Å². The van der Waals surface area contributed by atoms with Gasteiger partial charge in [-0.05, 0) is 38.5 Å². The van der Waals surface area contributed by atoms with Crippen molar-refractivity contribution in [2.75, 3.05) is 45.2 Å². The largest absolute Gasteiger partial charge is 0.444 e. The lowest BCUT2D eigenvalue weighted by atomic mass is 10.1. The number of aliphatic imine (C=N–C) groups is 1. The molecule has 1 aliphatic heterocycles. The minimum atomic E-state index is -0.493. The maximum absolute atomic E-state index is 12.2. The highest BCUT2D eigenvalue weighted by molar-refractivity contribution is 14.0. The topological polar surface area (TPSA) is 87.3 Å². The molecule has 0 spiro atoms. The van der Waals surface area contributed by atoms with Crippen LogP contribution in [0.1, 0.15) is 26.3 Å². The van der Waals surface area contributed by atoms with Crippen molar-refractivity contribution < 1.29 is 9.53 Å². The molecule has 1 aromatic heterocycles. The number of piperazine rings is 1. The number of aromatic nitrogens is 1. The summed E-state index contributed by atoms with van der Waals surface area (Å²) in [5, 5.41) is 1.08. The van der Waals surface area contributed by atoms with Crippen molar-refractivity contribution in [2.24, 2.45) is 10.7 Å². The molecule has 31 heavy (non-hydrogen) atoms. The molecular weight excluding hydrogens is 507 g/mol. The normalized spacial score (nSPS) is 14.9. The number of para-hydroxylation sites is 1. The van der Waals surface area contributed by atoms with Crippen LogP contribution >= 0.6 is 24.0 Å². The molecule has 0 atom stereocenters. The second kappa shape index (κ2) is 10.3. The van der Waals surface area contributed by atoms with Gasteiger partial charge in [0.2, 0.25) is 0 Å². The summed E-state index contributed by atoms with van der Waals surface area (Å²) in [6, 6.07) is 10.1. The maximum atomic E-state index is 12.2. The van der Waals surface area contributed by atoms with E-state index < -0.39 is 5.60 Å². The van der Waals surface area contributed by atoms with E-state index >= 15 is 0 Å². The number of rotatable bonds is 3. The number of guanidine groups is 1. The first-order valence-electron chi connectivity index (χ1n) is 10.2. The van der Waals surface area contributed by atoms with E-state index in [1.807, 2.05) is 62.9 Å². The average molecular weight is 540 g/mol. The van der Waals surface area contributed by atoms with Gasteiger partial charge >= 0.3 is 6.09 Å². The summed E-state index contributed by atoms with van der Waals surface area (Å²) in [6.07, 6.45) is -0.280. The van der Waals surface area contributed by atoms with Gasteiger partial charge in [0.25, 0.3) is 0 Å². The number of amides is 1. The van der Waals surface area contributed by atoms with Gasteiger partial charge < -0.3 is 25.2 Å². The minimum absolute atomic E-state index is 0. The number of carbonyl (C=O) groups is 1. The summed E-state index contributed by atoms with van der Waals surface area (Å²) < 4.78 is 5.45. The maximum Gasteiger partial charge on any atom is 0.410 e. The molecule has 0 bridgehead atoms. The van der Waals surface area contributed by atoms with Gasteiger partial charge in [-0.15, -0.1) is 24.0 Å². The Kier molecular flexibility index (Phi) is 8.33. The fourth-order valence-electron chi connectivity index (χ4n) is 3.30. The molecule has 2 N–H and O–H groups in total. The van der Waals surface area contributed by atoms with Gasteiger partial charge in [-0.1, -0.05) is 18.2 Å². The number of benzene rings is 1. The Labute approximate surface area is 201 Å². The van der Waals surface area contributed by atoms with Gasteiger partial charge in [0.1, 0.15) is 11.4 Å². The fourth-order valence-corrected chi connectivity index (χ4v) is 3.30. The van der Waals surface area contributed by atoms with E-state index in [0.29, 0.717) is 38.7 Å². The van der Waals surface area contributed by atoms with Crippen LogP contribution in [0.2, 0.25) is 0 Å². The first-order chi connectivity index (χ1) is 14.1. The monoisotopic (exact) mass is 540 g/mol. The molecule has 3 rings (SSSR count). The Morgan fingerprint density at radius 2 is 1.77 bits per heavy atom. The standard InChI is InChI=1S/C22H32N6O2.HI/c1-22(2,3)30-21(29)28-12-10-27(11-13-28)20(23)24-15-16-14-19(26(4)5)25-18-9-7-6-8-17(16)18;/h6-9,14H,10-13,15H2,1-5H3,(H2,23,24);1H. The van der Waals surface area contributed by atoms with E-state index in [2.05, 4.69) is 22.1 Å². The van der Waals surface area contributed by atoms with Crippen LogP contribution in [-0.4, -0.2) is 72.7 Å². The molecule has 170 valence electrons. The van der Waals surface area contributed by atoms with E-state index in [4.69, 9.17) is 10.5 Å². The summed E-state index contributed by atoms with van der Waals surface area (Å²) in [4.78, 5) is 27.3. The molecule has 2 heterocycles. The highest BCUT2D eigenvalue weighted by Crippen LogP contribution is 2.23. The number of fused-ring (bicyclic) bond motifs is 1. The zero-order chi connectivity index (χ0) is 21.9. The number of pyridine rings is 1. The molecule has 1 aliphatic rings. The fraction of sp³-hybridized carbons (Fsp3) is 0.500. The van der Waals surface area contributed by atoms with Crippen LogP contribution in [0.4, 0.5) is 10.6 Å². The van der Waals surface area contributed by atoms with E-state index in [1.54, 1.807) is 4.90 Å². The van der Waals surface area contributed by atoms with E-state index in [1.165, 1.54) is 0 Å². The summed E-state index contributed by atoms with van der Waals surface area (Å²) in [5.74, 6) is 1.38. The number of nitrogens with two attached hydrogens (primary N) is 1. The average Bonchev–Trinajstić information content (AvgIpc) is 2.70. The van der Waals surface area contributed by atoms with Crippen LogP contribution in [0.25, 0.3) is 10.9 Å². The predicted molar refractivity (Wildman–Crippen MR) is 136 cm³/mol. The lowest BCUT2D eigenvalue weighted by Gasteiger charge is -2.36. The van der Waals surface area contributed by atoms with Gasteiger partial charge in [-0.2, -0.15) is 0 Å². The van der Waals surface area contributed by atoms with Gasteiger partial charge in [0.15, 0.2) is 5.96 Å². The molecular formula is C22H33IN6O2. The molecule has 8 nitrogen and oxygen atoms in total. The summed E-state index contributed by atoms with van der Waals surface area (Å²) in [6.45, 7) is 8.48. The van der Waals surface area contributed by atoms with Crippen LogP contribution in [0.15, 0.2) is 35.3 Å². The molecule has 0 saturated carbocycles. The Balaban J connectivity index is 0.00000341. The van der Waals surface area contributed by atoms with Crippen LogP contribution < -0.4 is 10.6 Å². The first kappa shape index (κ1) is 25.0. The van der Waals surface area contributed by atoms with Gasteiger partial charge in [-0.3, -0.25) is 0 Å². The third-order valence-corrected chi connectivity index (χ3v) is 4.91. The molecule has 1 aromatic carbocycles. The summed E-state index contributed by atoms with van der Waals surface area (Å²) >= 11 is 0. The summed E-state index contributed by atoms with van der Waals surface area (Å²) in [5.41, 5.74) is 7.81. The SMILES string of the molecule is CN(C)c1cc(CN=C(N)N2CCN(C(=O)OC(C)(C)C)CC2)c2ccccc2n1.I. The number of halogens is 1. The Morgan fingerprint density at radius 3 is 2.39 bits per heavy atom. The quantitative estimate of drug-likeness (QED) is 0.366. The molecule has 2 aromatic rings. The number of anilines is 1. The van der Waals surface area contributed by atoms with Crippen LogP contribution in [0, 0.1) is 0 Å².